The predicted octanol–water partition coefficient (Wildman–Crippen LogP) is 2.12. The molecule has 2 unspecified atom stereocenters. The van der Waals surface area contributed by atoms with Gasteiger partial charge in [-0.1, -0.05) is 20.8 Å². The van der Waals surface area contributed by atoms with Crippen LogP contribution in [0.1, 0.15) is 40.0 Å². The van der Waals surface area contributed by atoms with E-state index in [1.807, 2.05) is 0 Å². The molecule has 0 aromatic carbocycles. The van der Waals surface area contributed by atoms with Gasteiger partial charge in [0.2, 0.25) is 0 Å². The summed E-state index contributed by atoms with van der Waals surface area (Å²) < 4.78 is 5.13. The molecule has 0 aromatic heterocycles. The molecule has 102 valence electrons. The summed E-state index contributed by atoms with van der Waals surface area (Å²) in [6.45, 7) is 10.1. The van der Waals surface area contributed by atoms with Crippen LogP contribution < -0.4 is 5.32 Å². The van der Waals surface area contributed by atoms with Gasteiger partial charge in [-0.05, 0) is 38.3 Å². The Morgan fingerprint density at radius 1 is 1.41 bits per heavy atom. The van der Waals surface area contributed by atoms with Crippen LogP contribution in [0, 0.1) is 5.41 Å². The summed E-state index contributed by atoms with van der Waals surface area (Å²) in [4.78, 5) is 2.51. The minimum absolute atomic E-state index is 0.427. The highest BCUT2D eigenvalue weighted by Crippen LogP contribution is 2.39. The van der Waals surface area contributed by atoms with Gasteiger partial charge in [-0.2, -0.15) is 0 Å². The van der Waals surface area contributed by atoms with Gasteiger partial charge >= 0.3 is 0 Å². The molecule has 1 N–H and O–H groups in total. The van der Waals surface area contributed by atoms with Crippen molar-refractivity contribution in [3.63, 3.8) is 0 Å². The van der Waals surface area contributed by atoms with Crippen LogP contribution in [-0.2, 0) is 4.74 Å². The summed E-state index contributed by atoms with van der Waals surface area (Å²) in [6, 6.07) is 1.31. The molecule has 0 bridgehead atoms. The van der Waals surface area contributed by atoms with Crippen molar-refractivity contribution in [2.24, 2.45) is 5.41 Å². The molecule has 0 radical (unpaired) electrons. The molecule has 0 spiro atoms. The van der Waals surface area contributed by atoms with Crippen molar-refractivity contribution in [3.8, 4) is 0 Å². The predicted molar refractivity (Wildman–Crippen MR) is 73.4 cm³/mol. The topological polar surface area (TPSA) is 24.5 Å². The number of rotatable bonds is 7. The second kappa shape index (κ2) is 6.72. The highest BCUT2D eigenvalue weighted by Gasteiger charge is 2.42. The van der Waals surface area contributed by atoms with Gasteiger partial charge in [0.15, 0.2) is 0 Å². The first-order valence-electron chi connectivity index (χ1n) is 6.95. The van der Waals surface area contributed by atoms with E-state index in [4.69, 9.17) is 4.74 Å². The number of hydrogen-bond donors (Lipinski definition) is 1. The second-order valence-electron chi connectivity index (χ2n) is 5.96. The van der Waals surface area contributed by atoms with Crippen LogP contribution >= 0.6 is 0 Å². The summed E-state index contributed by atoms with van der Waals surface area (Å²) in [6.07, 6.45) is 3.76. The van der Waals surface area contributed by atoms with Gasteiger partial charge in [-0.25, -0.2) is 0 Å². The van der Waals surface area contributed by atoms with Crippen molar-refractivity contribution in [3.05, 3.63) is 0 Å². The smallest absolute Gasteiger partial charge is 0.0474 e. The zero-order valence-electron chi connectivity index (χ0n) is 12.3. The van der Waals surface area contributed by atoms with Gasteiger partial charge in [-0.3, -0.25) is 0 Å². The van der Waals surface area contributed by atoms with Crippen LogP contribution in [0.3, 0.4) is 0 Å². The van der Waals surface area contributed by atoms with E-state index in [1.165, 1.54) is 12.8 Å². The van der Waals surface area contributed by atoms with E-state index in [2.05, 4.69) is 38.0 Å². The van der Waals surface area contributed by atoms with Gasteiger partial charge in [0.25, 0.3) is 0 Å². The molecule has 1 aliphatic carbocycles. The monoisotopic (exact) mass is 242 g/mol. The van der Waals surface area contributed by atoms with Crippen LogP contribution in [-0.4, -0.2) is 50.8 Å². The Labute approximate surface area is 107 Å². The molecule has 0 saturated heterocycles. The molecule has 1 aliphatic rings. The summed E-state index contributed by atoms with van der Waals surface area (Å²) in [5, 5.41) is 3.68. The lowest BCUT2D eigenvalue weighted by molar-refractivity contribution is 0.143. The molecule has 0 aromatic rings. The first kappa shape index (κ1) is 14.9. The molecule has 1 saturated carbocycles. The van der Waals surface area contributed by atoms with E-state index < -0.39 is 0 Å². The minimum Gasteiger partial charge on any atom is -0.385 e. The molecule has 1 rings (SSSR count). The number of methoxy groups -OCH3 is 1. The molecule has 0 heterocycles. The van der Waals surface area contributed by atoms with Crippen molar-refractivity contribution < 1.29 is 4.74 Å². The standard InChI is InChI=1S/C14H30N2O/c1-6-15-13-12(8-9-14(13,2)3)16(4)10-7-11-17-5/h12-13,15H,6-11H2,1-5H3. The van der Waals surface area contributed by atoms with E-state index in [0.29, 0.717) is 17.5 Å². The van der Waals surface area contributed by atoms with Gasteiger partial charge in [-0.15, -0.1) is 0 Å². The van der Waals surface area contributed by atoms with Crippen LogP contribution in [0.15, 0.2) is 0 Å². The maximum absolute atomic E-state index is 5.13. The first-order valence-corrected chi connectivity index (χ1v) is 6.95. The maximum Gasteiger partial charge on any atom is 0.0474 e. The molecule has 3 heteroatoms. The third kappa shape index (κ3) is 3.94. The number of hydrogen-bond acceptors (Lipinski definition) is 3. The second-order valence-corrected chi connectivity index (χ2v) is 5.96. The fraction of sp³-hybridized carbons (Fsp3) is 1.00. The van der Waals surface area contributed by atoms with Crippen molar-refractivity contribution in [2.45, 2.75) is 52.1 Å². The Morgan fingerprint density at radius 2 is 2.12 bits per heavy atom. The summed E-state index contributed by atoms with van der Waals surface area (Å²) >= 11 is 0. The zero-order valence-corrected chi connectivity index (χ0v) is 12.3. The van der Waals surface area contributed by atoms with E-state index in [9.17, 15) is 0 Å². The number of nitrogens with one attached hydrogen (secondary N) is 1. The molecule has 2 atom stereocenters. The quantitative estimate of drug-likeness (QED) is 0.692. The Balaban J connectivity index is 2.50. The van der Waals surface area contributed by atoms with E-state index in [1.54, 1.807) is 7.11 Å². The number of ether oxygens (including phenoxy) is 1. The summed E-state index contributed by atoms with van der Waals surface area (Å²) in [5.74, 6) is 0. The molecular formula is C14H30N2O. The molecule has 17 heavy (non-hydrogen) atoms. The Kier molecular flexibility index (Phi) is 5.90. The Bertz CT molecular complexity index is 218. The van der Waals surface area contributed by atoms with Crippen molar-refractivity contribution in [2.75, 3.05) is 33.9 Å². The molecule has 1 fully saturated rings. The number of nitrogens with zero attached hydrogens (tertiary/aromatic N) is 1. The summed E-state index contributed by atoms with van der Waals surface area (Å²) in [7, 11) is 4.03. The Hall–Kier alpha value is -0.120. The average Bonchev–Trinajstić information content (AvgIpc) is 2.56. The van der Waals surface area contributed by atoms with E-state index in [0.717, 1.165) is 26.1 Å². The van der Waals surface area contributed by atoms with Crippen molar-refractivity contribution >= 4 is 0 Å². The fourth-order valence-electron chi connectivity index (χ4n) is 3.09. The fourth-order valence-corrected chi connectivity index (χ4v) is 3.09. The zero-order chi connectivity index (χ0) is 12.9. The van der Waals surface area contributed by atoms with Crippen molar-refractivity contribution in [1.82, 2.24) is 10.2 Å². The SMILES string of the molecule is CCNC1C(N(C)CCCOC)CCC1(C)C. The highest BCUT2D eigenvalue weighted by atomic mass is 16.5. The van der Waals surface area contributed by atoms with Gasteiger partial charge in [0.05, 0.1) is 0 Å². The number of likely N-dealkylation sites (N-methyl/N-ethyl adjacent to an activating group) is 2. The molecule has 0 amide bonds. The van der Waals surface area contributed by atoms with Gasteiger partial charge in [0, 0.05) is 32.3 Å². The molecular weight excluding hydrogens is 212 g/mol. The van der Waals surface area contributed by atoms with Crippen LogP contribution in [0.2, 0.25) is 0 Å². The third-order valence-electron chi connectivity index (χ3n) is 4.16. The van der Waals surface area contributed by atoms with E-state index >= 15 is 0 Å². The lowest BCUT2D eigenvalue weighted by Gasteiger charge is -2.36. The van der Waals surface area contributed by atoms with Crippen molar-refractivity contribution in [1.29, 1.82) is 0 Å². The van der Waals surface area contributed by atoms with Crippen LogP contribution in [0.4, 0.5) is 0 Å². The lowest BCUT2D eigenvalue weighted by atomic mass is 9.86. The van der Waals surface area contributed by atoms with Crippen LogP contribution in [0.5, 0.6) is 0 Å². The third-order valence-corrected chi connectivity index (χ3v) is 4.16. The Morgan fingerprint density at radius 3 is 2.71 bits per heavy atom. The molecule has 3 nitrogen and oxygen atoms in total. The van der Waals surface area contributed by atoms with E-state index in [-0.39, 0.29) is 0 Å². The van der Waals surface area contributed by atoms with Crippen LogP contribution in [0.25, 0.3) is 0 Å². The summed E-state index contributed by atoms with van der Waals surface area (Å²) in [5.41, 5.74) is 0.427. The van der Waals surface area contributed by atoms with Gasteiger partial charge in [0.1, 0.15) is 0 Å². The van der Waals surface area contributed by atoms with Gasteiger partial charge < -0.3 is 15.0 Å². The minimum atomic E-state index is 0.427. The first-order chi connectivity index (χ1) is 8.03. The largest absolute Gasteiger partial charge is 0.385 e. The maximum atomic E-state index is 5.13. The lowest BCUT2D eigenvalue weighted by Crippen LogP contribution is -2.50. The average molecular weight is 242 g/mol. The highest BCUT2D eigenvalue weighted by molar-refractivity contribution is 5.00. The molecule has 0 aliphatic heterocycles. The normalized spacial score (nSPS) is 27.9.